The zero-order valence-electron chi connectivity index (χ0n) is 12.0. The molecule has 1 aliphatic heterocycles. The van der Waals surface area contributed by atoms with Gasteiger partial charge in [-0.2, -0.15) is 0 Å². The lowest BCUT2D eigenvalue weighted by molar-refractivity contribution is -0.123. The van der Waals surface area contributed by atoms with Crippen molar-refractivity contribution in [2.75, 3.05) is 6.54 Å². The molecule has 2 aromatic rings. The Morgan fingerprint density at radius 1 is 1.29 bits per heavy atom. The summed E-state index contributed by atoms with van der Waals surface area (Å²) in [6.45, 7) is 2.43. The number of hydrogen-bond donors (Lipinski definition) is 2. The third kappa shape index (κ3) is 2.51. The highest BCUT2D eigenvalue weighted by Crippen LogP contribution is 2.24. The van der Waals surface area contributed by atoms with Crippen LogP contribution in [0, 0.1) is 5.92 Å². The first-order valence-electron chi connectivity index (χ1n) is 7.23. The standard InChI is InChI=1S/C16H19N3O2/c1-10-2-3-13(15(17)20)9-19(10)16(21)12-5-4-11-6-7-18-14(11)8-12/h4-8,10,13,18H,2-3,9H2,1H3,(H2,17,20). The van der Waals surface area contributed by atoms with Gasteiger partial charge in [-0.15, -0.1) is 0 Å². The van der Waals surface area contributed by atoms with Gasteiger partial charge in [-0.05, 0) is 43.4 Å². The summed E-state index contributed by atoms with van der Waals surface area (Å²) >= 11 is 0. The molecule has 0 spiro atoms. The van der Waals surface area contributed by atoms with E-state index in [-0.39, 0.29) is 23.8 Å². The Hall–Kier alpha value is -2.30. The molecule has 2 amide bonds. The van der Waals surface area contributed by atoms with E-state index in [0.717, 1.165) is 23.7 Å². The first kappa shape index (κ1) is 13.7. The molecule has 0 aliphatic carbocycles. The number of nitrogens with two attached hydrogens (primary N) is 1. The molecule has 1 saturated heterocycles. The zero-order chi connectivity index (χ0) is 15.0. The Bertz CT molecular complexity index is 692. The molecule has 1 fully saturated rings. The fourth-order valence-corrected chi connectivity index (χ4v) is 2.97. The van der Waals surface area contributed by atoms with Gasteiger partial charge < -0.3 is 15.6 Å². The number of rotatable bonds is 2. The molecular weight excluding hydrogens is 266 g/mol. The van der Waals surface area contributed by atoms with Crippen LogP contribution in [0.2, 0.25) is 0 Å². The number of primary amides is 1. The summed E-state index contributed by atoms with van der Waals surface area (Å²) in [5, 5.41) is 1.08. The highest BCUT2D eigenvalue weighted by atomic mass is 16.2. The number of aromatic nitrogens is 1. The number of benzene rings is 1. The number of aromatic amines is 1. The molecule has 21 heavy (non-hydrogen) atoms. The van der Waals surface area contributed by atoms with Gasteiger partial charge in [0.1, 0.15) is 0 Å². The molecule has 1 aromatic carbocycles. The third-order valence-corrected chi connectivity index (χ3v) is 4.35. The van der Waals surface area contributed by atoms with Crippen LogP contribution in [-0.2, 0) is 4.79 Å². The molecule has 3 rings (SSSR count). The van der Waals surface area contributed by atoms with Crippen molar-refractivity contribution in [3.05, 3.63) is 36.0 Å². The molecule has 1 aliphatic rings. The smallest absolute Gasteiger partial charge is 0.254 e. The Balaban J connectivity index is 1.86. The molecule has 2 heterocycles. The molecule has 2 atom stereocenters. The molecule has 2 unspecified atom stereocenters. The first-order chi connectivity index (χ1) is 10.1. The summed E-state index contributed by atoms with van der Waals surface area (Å²) in [5.41, 5.74) is 6.97. The van der Waals surface area contributed by atoms with E-state index in [0.29, 0.717) is 12.1 Å². The molecule has 3 N–H and O–H groups in total. The van der Waals surface area contributed by atoms with Crippen molar-refractivity contribution in [3.8, 4) is 0 Å². The van der Waals surface area contributed by atoms with Gasteiger partial charge in [0.15, 0.2) is 0 Å². The number of piperidine rings is 1. The second kappa shape index (κ2) is 5.24. The van der Waals surface area contributed by atoms with E-state index in [4.69, 9.17) is 5.73 Å². The van der Waals surface area contributed by atoms with E-state index in [1.807, 2.05) is 37.4 Å². The van der Waals surface area contributed by atoms with Gasteiger partial charge in [0.25, 0.3) is 5.91 Å². The van der Waals surface area contributed by atoms with Crippen LogP contribution < -0.4 is 5.73 Å². The topological polar surface area (TPSA) is 79.2 Å². The monoisotopic (exact) mass is 285 g/mol. The third-order valence-electron chi connectivity index (χ3n) is 4.35. The molecule has 1 aromatic heterocycles. The predicted molar refractivity (Wildman–Crippen MR) is 80.7 cm³/mol. The summed E-state index contributed by atoms with van der Waals surface area (Å²) < 4.78 is 0. The number of carbonyl (C=O) groups is 2. The van der Waals surface area contributed by atoms with Crippen LogP contribution in [0.15, 0.2) is 30.5 Å². The van der Waals surface area contributed by atoms with Crippen molar-refractivity contribution >= 4 is 22.7 Å². The number of amides is 2. The number of fused-ring (bicyclic) bond motifs is 1. The maximum absolute atomic E-state index is 12.7. The van der Waals surface area contributed by atoms with Crippen LogP contribution in [0.25, 0.3) is 10.9 Å². The van der Waals surface area contributed by atoms with E-state index in [1.54, 1.807) is 4.90 Å². The summed E-state index contributed by atoms with van der Waals surface area (Å²) in [7, 11) is 0. The first-order valence-corrected chi connectivity index (χ1v) is 7.23. The summed E-state index contributed by atoms with van der Waals surface area (Å²) in [4.78, 5) is 29.0. The molecular formula is C16H19N3O2. The zero-order valence-corrected chi connectivity index (χ0v) is 12.0. The summed E-state index contributed by atoms with van der Waals surface area (Å²) in [6.07, 6.45) is 3.42. The highest BCUT2D eigenvalue weighted by Gasteiger charge is 2.32. The number of likely N-dealkylation sites (tertiary alicyclic amines) is 1. The SMILES string of the molecule is CC1CCC(C(N)=O)CN1C(=O)c1ccc2cc[nH]c2c1. The highest BCUT2D eigenvalue weighted by molar-refractivity contribution is 5.98. The largest absolute Gasteiger partial charge is 0.369 e. The second-order valence-corrected chi connectivity index (χ2v) is 5.76. The van der Waals surface area contributed by atoms with E-state index in [1.165, 1.54) is 0 Å². The van der Waals surface area contributed by atoms with Crippen molar-refractivity contribution in [2.24, 2.45) is 11.7 Å². The van der Waals surface area contributed by atoms with E-state index in [2.05, 4.69) is 4.98 Å². The van der Waals surface area contributed by atoms with Crippen LogP contribution in [0.4, 0.5) is 0 Å². The molecule has 0 bridgehead atoms. The minimum atomic E-state index is -0.320. The number of H-pyrrole nitrogens is 1. The van der Waals surface area contributed by atoms with Crippen LogP contribution >= 0.6 is 0 Å². The van der Waals surface area contributed by atoms with Crippen LogP contribution in [-0.4, -0.2) is 34.3 Å². The van der Waals surface area contributed by atoms with Crippen molar-refractivity contribution in [1.82, 2.24) is 9.88 Å². The van der Waals surface area contributed by atoms with Gasteiger partial charge in [-0.3, -0.25) is 9.59 Å². The fraction of sp³-hybridized carbons (Fsp3) is 0.375. The van der Waals surface area contributed by atoms with Gasteiger partial charge in [-0.25, -0.2) is 0 Å². The lowest BCUT2D eigenvalue weighted by Crippen LogP contribution is -2.48. The minimum Gasteiger partial charge on any atom is -0.369 e. The average molecular weight is 285 g/mol. The van der Waals surface area contributed by atoms with Crippen molar-refractivity contribution in [2.45, 2.75) is 25.8 Å². The Morgan fingerprint density at radius 2 is 2.10 bits per heavy atom. The molecule has 110 valence electrons. The molecule has 0 saturated carbocycles. The van der Waals surface area contributed by atoms with E-state index in [9.17, 15) is 9.59 Å². The Morgan fingerprint density at radius 3 is 2.86 bits per heavy atom. The second-order valence-electron chi connectivity index (χ2n) is 5.76. The Labute approximate surface area is 123 Å². The van der Waals surface area contributed by atoms with Crippen LogP contribution in [0.5, 0.6) is 0 Å². The van der Waals surface area contributed by atoms with Gasteiger partial charge in [0.05, 0.1) is 5.92 Å². The maximum Gasteiger partial charge on any atom is 0.254 e. The fourth-order valence-electron chi connectivity index (χ4n) is 2.97. The van der Waals surface area contributed by atoms with E-state index < -0.39 is 0 Å². The number of carbonyl (C=O) groups excluding carboxylic acids is 2. The number of hydrogen-bond acceptors (Lipinski definition) is 2. The Kier molecular flexibility index (Phi) is 3.41. The van der Waals surface area contributed by atoms with Crippen molar-refractivity contribution in [1.29, 1.82) is 0 Å². The van der Waals surface area contributed by atoms with Gasteiger partial charge in [0, 0.05) is 29.9 Å². The number of nitrogens with zero attached hydrogens (tertiary/aromatic N) is 1. The molecule has 5 nitrogen and oxygen atoms in total. The van der Waals surface area contributed by atoms with Crippen LogP contribution in [0.1, 0.15) is 30.1 Å². The number of nitrogens with one attached hydrogen (secondary N) is 1. The predicted octanol–water partition coefficient (Wildman–Crippen LogP) is 1.89. The molecule has 0 radical (unpaired) electrons. The summed E-state index contributed by atoms with van der Waals surface area (Å²) in [6, 6.07) is 7.72. The van der Waals surface area contributed by atoms with Gasteiger partial charge in [-0.1, -0.05) is 6.07 Å². The minimum absolute atomic E-state index is 0.0371. The molecule has 5 heteroatoms. The quantitative estimate of drug-likeness (QED) is 0.883. The van der Waals surface area contributed by atoms with Crippen molar-refractivity contribution < 1.29 is 9.59 Å². The maximum atomic E-state index is 12.7. The van der Waals surface area contributed by atoms with Crippen LogP contribution in [0.3, 0.4) is 0 Å². The summed E-state index contributed by atoms with van der Waals surface area (Å²) in [5.74, 6) is -0.594. The van der Waals surface area contributed by atoms with E-state index >= 15 is 0 Å². The van der Waals surface area contributed by atoms with Gasteiger partial charge >= 0.3 is 0 Å². The average Bonchev–Trinajstić information content (AvgIpc) is 2.94. The van der Waals surface area contributed by atoms with Crippen molar-refractivity contribution in [3.63, 3.8) is 0 Å². The normalized spacial score (nSPS) is 22.4. The van der Waals surface area contributed by atoms with Gasteiger partial charge in [0.2, 0.25) is 5.91 Å². The lowest BCUT2D eigenvalue weighted by Gasteiger charge is -2.37. The lowest BCUT2D eigenvalue weighted by atomic mass is 9.92.